The van der Waals surface area contributed by atoms with Gasteiger partial charge in [0.2, 0.25) is 10.0 Å². The minimum Gasteiger partial charge on any atom is -0.477 e. The molecule has 0 atom stereocenters. The zero-order valence-corrected chi connectivity index (χ0v) is 17.3. The molecule has 0 radical (unpaired) electrons. The topological polar surface area (TPSA) is 101 Å². The number of hydrogen-bond acceptors (Lipinski definition) is 5. The van der Waals surface area contributed by atoms with Crippen LogP contribution in [0.5, 0.6) is 0 Å². The van der Waals surface area contributed by atoms with E-state index in [-0.39, 0.29) is 4.90 Å². The van der Waals surface area contributed by atoms with Gasteiger partial charge in [-0.15, -0.1) is 11.3 Å². The summed E-state index contributed by atoms with van der Waals surface area (Å²) in [5, 5.41) is 14.4. The van der Waals surface area contributed by atoms with Gasteiger partial charge >= 0.3 is 5.97 Å². The summed E-state index contributed by atoms with van der Waals surface area (Å²) in [4.78, 5) is 14.5. The number of carbonyl (C=O) groups is 1. The third kappa shape index (κ3) is 3.94. The number of nitrogens with zero attached hydrogens (tertiary/aromatic N) is 1. The average Bonchev–Trinajstić information content (AvgIpc) is 3.02. The van der Waals surface area contributed by atoms with Crippen molar-refractivity contribution in [1.29, 1.82) is 0 Å². The van der Waals surface area contributed by atoms with Crippen LogP contribution in [0.15, 0.2) is 53.4 Å². The number of benzene rings is 2. The van der Waals surface area contributed by atoms with Gasteiger partial charge in [-0.1, -0.05) is 18.2 Å². The largest absolute Gasteiger partial charge is 0.477 e. The van der Waals surface area contributed by atoms with Gasteiger partial charge in [-0.05, 0) is 53.9 Å². The summed E-state index contributed by atoms with van der Waals surface area (Å²) >= 11 is 1.24. The van der Waals surface area contributed by atoms with Crippen molar-refractivity contribution in [2.24, 2.45) is 5.14 Å². The molecule has 6 nitrogen and oxygen atoms in total. The highest BCUT2D eigenvalue weighted by Crippen LogP contribution is 2.38. The molecule has 0 saturated carbocycles. The van der Waals surface area contributed by atoms with E-state index in [0.29, 0.717) is 4.88 Å². The van der Waals surface area contributed by atoms with Crippen molar-refractivity contribution in [3.05, 3.63) is 59.0 Å². The molecule has 0 amide bonds. The summed E-state index contributed by atoms with van der Waals surface area (Å²) in [7, 11) is 0.0987. The Balaban J connectivity index is 2.15. The first kappa shape index (κ1) is 20.1. The Morgan fingerprint density at radius 2 is 1.64 bits per heavy atom. The second kappa shape index (κ2) is 7.38. The molecule has 2 aromatic carbocycles. The minimum absolute atomic E-state index is 0.0546. The van der Waals surface area contributed by atoms with Crippen LogP contribution in [0.3, 0.4) is 0 Å². The molecule has 0 spiro atoms. The molecule has 3 rings (SSSR count). The van der Waals surface area contributed by atoms with Gasteiger partial charge < -0.3 is 10.0 Å². The molecular formula is C20H20N2O4S2. The number of carboxylic acid groups (broad SMARTS) is 1. The minimum atomic E-state index is -3.75. The maximum atomic E-state index is 11.5. The van der Waals surface area contributed by atoms with Crippen LogP contribution in [0.1, 0.15) is 15.2 Å². The summed E-state index contributed by atoms with van der Waals surface area (Å²) < 4.78 is 23.0. The van der Waals surface area contributed by atoms with Gasteiger partial charge in [0.1, 0.15) is 4.88 Å². The zero-order valence-electron chi connectivity index (χ0n) is 15.6. The normalized spacial score (nSPS) is 11.4. The van der Waals surface area contributed by atoms with Crippen LogP contribution in [0.25, 0.3) is 21.6 Å². The molecule has 28 heavy (non-hydrogen) atoms. The third-order valence-electron chi connectivity index (χ3n) is 4.36. The number of rotatable bonds is 5. The summed E-state index contributed by atoms with van der Waals surface area (Å²) in [6, 6.07) is 14.0. The van der Waals surface area contributed by atoms with Gasteiger partial charge in [0.05, 0.1) is 4.90 Å². The number of carboxylic acids is 1. The van der Waals surface area contributed by atoms with Crippen LogP contribution in [0.2, 0.25) is 0 Å². The second-order valence-corrected chi connectivity index (χ2v) is 9.24. The Morgan fingerprint density at radius 1 is 1.04 bits per heavy atom. The fourth-order valence-electron chi connectivity index (χ4n) is 3.00. The Kier molecular flexibility index (Phi) is 5.29. The van der Waals surface area contributed by atoms with E-state index in [1.54, 1.807) is 18.2 Å². The van der Waals surface area contributed by atoms with E-state index in [1.807, 2.05) is 44.1 Å². The van der Waals surface area contributed by atoms with Gasteiger partial charge in [0.15, 0.2) is 0 Å². The molecular weight excluding hydrogens is 396 g/mol. The van der Waals surface area contributed by atoms with Gasteiger partial charge in [-0.2, -0.15) is 0 Å². The van der Waals surface area contributed by atoms with E-state index in [2.05, 4.69) is 0 Å². The molecule has 0 aliphatic heterocycles. The molecule has 1 heterocycles. The van der Waals surface area contributed by atoms with Crippen molar-refractivity contribution in [3.63, 3.8) is 0 Å². The molecule has 0 saturated heterocycles. The Labute approximate surface area is 167 Å². The van der Waals surface area contributed by atoms with E-state index >= 15 is 0 Å². The molecule has 0 bridgehead atoms. The molecule has 8 heteroatoms. The summed E-state index contributed by atoms with van der Waals surface area (Å²) in [5.74, 6) is -0.942. The third-order valence-corrected chi connectivity index (χ3v) is 6.57. The maximum Gasteiger partial charge on any atom is 0.345 e. The number of nitrogens with two attached hydrogens (primary N) is 1. The monoisotopic (exact) mass is 416 g/mol. The lowest BCUT2D eigenvalue weighted by Crippen LogP contribution is -2.12. The van der Waals surface area contributed by atoms with Crippen LogP contribution in [0.4, 0.5) is 5.69 Å². The van der Waals surface area contributed by atoms with E-state index in [4.69, 9.17) is 5.14 Å². The van der Waals surface area contributed by atoms with Crippen LogP contribution in [-0.4, -0.2) is 33.6 Å². The predicted molar refractivity (Wildman–Crippen MR) is 113 cm³/mol. The summed E-state index contributed by atoms with van der Waals surface area (Å²) in [6.45, 7) is 1.89. The van der Waals surface area contributed by atoms with Crippen molar-refractivity contribution in [3.8, 4) is 21.6 Å². The highest BCUT2D eigenvalue weighted by Gasteiger charge is 2.16. The first-order valence-electron chi connectivity index (χ1n) is 8.36. The quantitative estimate of drug-likeness (QED) is 0.659. The highest BCUT2D eigenvalue weighted by molar-refractivity contribution is 7.89. The number of aryl methyl sites for hydroxylation is 1. The smallest absolute Gasteiger partial charge is 0.345 e. The SMILES string of the molecule is Cc1cc(C(=O)O)sc1-c1ccc(N(C)C)c(-c2ccc(S(N)(=O)=O)cc2)c1. The maximum absolute atomic E-state index is 11.5. The fraction of sp³-hybridized carbons (Fsp3) is 0.150. The van der Waals surface area contributed by atoms with Crippen LogP contribution >= 0.6 is 11.3 Å². The number of sulfonamides is 1. The lowest BCUT2D eigenvalue weighted by Gasteiger charge is -2.19. The number of anilines is 1. The lowest BCUT2D eigenvalue weighted by molar-refractivity contribution is 0.0702. The van der Waals surface area contributed by atoms with Crippen molar-refractivity contribution < 1.29 is 18.3 Å². The van der Waals surface area contributed by atoms with Crippen LogP contribution in [-0.2, 0) is 10.0 Å². The summed E-state index contributed by atoms with van der Waals surface area (Å²) in [5.41, 5.74) is 4.51. The molecule has 146 valence electrons. The van der Waals surface area contributed by atoms with Gasteiger partial charge in [0, 0.05) is 30.2 Å². The van der Waals surface area contributed by atoms with E-state index in [1.165, 1.54) is 23.5 Å². The highest BCUT2D eigenvalue weighted by atomic mass is 32.2. The van der Waals surface area contributed by atoms with Crippen LogP contribution in [0, 0.1) is 6.92 Å². The van der Waals surface area contributed by atoms with Gasteiger partial charge in [-0.3, -0.25) is 0 Å². The number of thiophene rings is 1. The van der Waals surface area contributed by atoms with Gasteiger partial charge in [-0.25, -0.2) is 18.4 Å². The number of primary sulfonamides is 1. The van der Waals surface area contributed by atoms with Crippen molar-refractivity contribution in [2.45, 2.75) is 11.8 Å². The van der Waals surface area contributed by atoms with E-state index in [0.717, 1.165) is 32.8 Å². The van der Waals surface area contributed by atoms with Gasteiger partial charge in [0.25, 0.3) is 0 Å². The second-order valence-electron chi connectivity index (χ2n) is 6.62. The van der Waals surface area contributed by atoms with E-state index < -0.39 is 16.0 Å². The number of aromatic carboxylic acids is 1. The standard InChI is InChI=1S/C20H20N2O4S2/c1-12-10-18(20(23)24)27-19(12)14-6-9-17(22(2)3)16(11-14)13-4-7-15(8-5-13)28(21,25)26/h4-11H,1-3H3,(H,23,24)(H2,21,25,26). The summed E-state index contributed by atoms with van der Waals surface area (Å²) in [6.07, 6.45) is 0. The van der Waals surface area contributed by atoms with Crippen molar-refractivity contribution in [2.75, 3.05) is 19.0 Å². The lowest BCUT2D eigenvalue weighted by atomic mass is 9.99. The number of hydrogen-bond donors (Lipinski definition) is 2. The Bertz CT molecular complexity index is 1150. The molecule has 0 aliphatic rings. The average molecular weight is 417 g/mol. The molecule has 3 aromatic rings. The molecule has 0 aliphatic carbocycles. The fourth-order valence-corrected chi connectivity index (χ4v) is 4.52. The molecule has 3 N–H and O–H groups in total. The zero-order chi connectivity index (χ0) is 20.6. The molecule has 1 aromatic heterocycles. The van der Waals surface area contributed by atoms with E-state index in [9.17, 15) is 18.3 Å². The Hall–Kier alpha value is -2.68. The van der Waals surface area contributed by atoms with Crippen molar-refractivity contribution in [1.82, 2.24) is 0 Å². The Morgan fingerprint density at radius 3 is 2.14 bits per heavy atom. The first-order chi connectivity index (χ1) is 13.1. The molecule has 0 unspecified atom stereocenters. The van der Waals surface area contributed by atoms with Crippen LogP contribution < -0.4 is 10.0 Å². The molecule has 0 fully saturated rings. The first-order valence-corrected chi connectivity index (χ1v) is 10.7. The predicted octanol–water partition coefficient (Wildman–Crippen LogP) is 3.80. The van der Waals surface area contributed by atoms with Crippen molar-refractivity contribution >= 4 is 33.0 Å².